The van der Waals surface area contributed by atoms with Crippen LogP contribution in [0.5, 0.6) is 5.75 Å². The first-order valence-electron chi connectivity index (χ1n) is 5.19. The number of hydrogen-bond acceptors (Lipinski definition) is 5. The minimum atomic E-state index is -3.71. The predicted octanol–water partition coefficient (Wildman–Crippen LogP) is 0.0756. The zero-order chi connectivity index (χ0) is 13.9. The molecule has 0 aliphatic heterocycles. The molecule has 7 heteroatoms. The molecule has 0 fully saturated rings. The lowest BCUT2D eigenvalue weighted by atomic mass is 10.1. The first-order valence-corrected chi connectivity index (χ1v) is 6.84. The fourth-order valence-electron chi connectivity index (χ4n) is 1.81. The van der Waals surface area contributed by atoms with Crippen molar-refractivity contribution in [2.24, 2.45) is 5.84 Å². The van der Waals surface area contributed by atoms with E-state index in [0.717, 1.165) is 0 Å². The third-order valence-corrected chi connectivity index (χ3v) is 4.37. The highest BCUT2D eigenvalue weighted by molar-refractivity contribution is 7.92. The zero-order valence-electron chi connectivity index (χ0n) is 10.5. The van der Waals surface area contributed by atoms with Gasteiger partial charge in [-0.25, -0.2) is 14.3 Å². The van der Waals surface area contributed by atoms with Crippen LogP contribution in [0.15, 0.2) is 17.0 Å². The molecule has 6 nitrogen and oxygen atoms in total. The van der Waals surface area contributed by atoms with Gasteiger partial charge in [0.1, 0.15) is 11.5 Å². The van der Waals surface area contributed by atoms with E-state index >= 15 is 0 Å². The Morgan fingerprint density at radius 3 is 2.22 bits per heavy atom. The highest BCUT2D eigenvalue weighted by atomic mass is 32.2. The summed E-state index contributed by atoms with van der Waals surface area (Å²) in [6.07, 6.45) is 0. The molecule has 0 aromatic heterocycles. The number of amides is 1. The van der Waals surface area contributed by atoms with Crippen molar-refractivity contribution in [2.75, 3.05) is 12.9 Å². The average Bonchev–Trinajstić information content (AvgIpc) is 2.26. The molecular formula is C11H16N2O4S. The van der Waals surface area contributed by atoms with Gasteiger partial charge in [0.2, 0.25) is 5.91 Å². The summed E-state index contributed by atoms with van der Waals surface area (Å²) >= 11 is 0. The average molecular weight is 272 g/mol. The summed E-state index contributed by atoms with van der Waals surface area (Å²) in [5.41, 5.74) is 2.89. The van der Waals surface area contributed by atoms with Gasteiger partial charge in [0.25, 0.3) is 0 Å². The summed E-state index contributed by atoms with van der Waals surface area (Å²) in [6.45, 7) is 3.31. The molecule has 0 atom stereocenters. The first-order chi connectivity index (χ1) is 8.31. The van der Waals surface area contributed by atoms with Gasteiger partial charge < -0.3 is 4.74 Å². The number of sulfone groups is 1. The summed E-state index contributed by atoms with van der Waals surface area (Å²) in [7, 11) is -2.20. The smallest absolute Gasteiger partial charge is 0.249 e. The second-order valence-electron chi connectivity index (χ2n) is 3.92. The SMILES string of the molecule is COc1cc(C)c(S(=O)(=O)CC(=O)NN)c(C)c1. The number of aryl methyl sites for hydroxylation is 2. The van der Waals surface area contributed by atoms with Crippen LogP contribution in [-0.2, 0) is 14.6 Å². The maximum absolute atomic E-state index is 12.1. The van der Waals surface area contributed by atoms with Crippen LogP contribution in [0.2, 0.25) is 0 Å². The number of benzene rings is 1. The predicted molar refractivity (Wildman–Crippen MR) is 66.9 cm³/mol. The highest BCUT2D eigenvalue weighted by Gasteiger charge is 2.23. The van der Waals surface area contributed by atoms with Gasteiger partial charge in [-0.3, -0.25) is 10.2 Å². The maximum atomic E-state index is 12.1. The van der Waals surface area contributed by atoms with Crippen molar-refractivity contribution in [3.05, 3.63) is 23.3 Å². The molecule has 0 bridgehead atoms. The van der Waals surface area contributed by atoms with Crippen LogP contribution in [-0.4, -0.2) is 27.2 Å². The third kappa shape index (κ3) is 2.99. The van der Waals surface area contributed by atoms with Gasteiger partial charge in [-0.2, -0.15) is 0 Å². The van der Waals surface area contributed by atoms with Crippen LogP contribution < -0.4 is 16.0 Å². The van der Waals surface area contributed by atoms with E-state index in [9.17, 15) is 13.2 Å². The fourth-order valence-corrected chi connectivity index (χ4v) is 3.48. The Labute approximate surface area is 106 Å². The minimum absolute atomic E-state index is 0.145. The molecule has 1 aromatic carbocycles. The largest absolute Gasteiger partial charge is 0.497 e. The molecule has 0 aliphatic carbocycles. The molecule has 0 heterocycles. The second-order valence-corrected chi connectivity index (χ2v) is 5.84. The van der Waals surface area contributed by atoms with Crippen LogP contribution in [0.25, 0.3) is 0 Å². The Kier molecular flexibility index (Phi) is 4.31. The standard InChI is InChI=1S/C11H16N2O4S/c1-7-4-9(17-3)5-8(2)11(7)18(15,16)6-10(14)13-12/h4-5H,6,12H2,1-3H3,(H,13,14). The summed E-state index contributed by atoms with van der Waals surface area (Å²) < 4.78 is 29.2. The molecule has 3 N–H and O–H groups in total. The molecule has 0 radical (unpaired) electrons. The van der Waals surface area contributed by atoms with E-state index in [4.69, 9.17) is 10.6 Å². The Hall–Kier alpha value is -1.60. The molecule has 0 unspecified atom stereocenters. The van der Waals surface area contributed by atoms with Crippen molar-refractivity contribution < 1.29 is 17.9 Å². The van der Waals surface area contributed by atoms with Crippen molar-refractivity contribution in [2.45, 2.75) is 18.7 Å². The van der Waals surface area contributed by atoms with E-state index in [2.05, 4.69) is 0 Å². The molecule has 0 saturated heterocycles. The van der Waals surface area contributed by atoms with E-state index in [1.807, 2.05) is 5.43 Å². The number of nitrogens with two attached hydrogens (primary N) is 1. The highest BCUT2D eigenvalue weighted by Crippen LogP contribution is 2.26. The van der Waals surface area contributed by atoms with Crippen molar-refractivity contribution >= 4 is 15.7 Å². The van der Waals surface area contributed by atoms with Gasteiger partial charge >= 0.3 is 0 Å². The molecule has 18 heavy (non-hydrogen) atoms. The quantitative estimate of drug-likeness (QED) is 0.459. The van der Waals surface area contributed by atoms with Crippen LogP contribution in [0, 0.1) is 13.8 Å². The maximum Gasteiger partial charge on any atom is 0.249 e. The van der Waals surface area contributed by atoms with Gasteiger partial charge in [0.05, 0.1) is 12.0 Å². The topological polar surface area (TPSA) is 98.5 Å². The Morgan fingerprint density at radius 2 is 1.83 bits per heavy atom. The van der Waals surface area contributed by atoms with Crippen molar-refractivity contribution in [3.63, 3.8) is 0 Å². The van der Waals surface area contributed by atoms with Crippen molar-refractivity contribution in [3.8, 4) is 5.75 Å². The van der Waals surface area contributed by atoms with Gasteiger partial charge in [0.15, 0.2) is 9.84 Å². The monoisotopic (exact) mass is 272 g/mol. The number of methoxy groups -OCH3 is 1. The van der Waals surface area contributed by atoms with Crippen LogP contribution in [0.1, 0.15) is 11.1 Å². The van der Waals surface area contributed by atoms with Crippen LogP contribution in [0.3, 0.4) is 0 Å². The van der Waals surface area contributed by atoms with Crippen LogP contribution >= 0.6 is 0 Å². The van der Waals surface area contributed by atoms with Crippen molar-refractivity contribution in [1.29, 1.82) is 0 Å². The van der Waals surface area contributed by atoms with Crippen LogP contribution in [0.4, 0.5) is 0 Å². The summed E-state index contributed by atoms with van der Waals surface area (Å²) in [5, 5.41) is 0. The van der Waals surface area contributed by atoms with E-state index in [1.165, 1.54) is 7.11 Å². The molecular weight excluding hydrogens is 256 g/mol. The summed E-state index contributed by atoms with van der Waals surface area (Å²) in [5.74, 6) is 4.06. The lowest BCUT2D eigenvalue weighted by molar-refractivity contribution is -0.118. The molecule has 1 amide bonds. The number of ether oxygens (including phenoxy) is 1. The van der Waals surface area contributed by atoms with Gasteiger partial charge in [0, 0.05) is 0 Å². The number of hydrogen-bond donors (Lipinski definition) is 2. The lowest BCUT2D eigenvalue weighted by Gasteiger charge is -2.12. The Bertz CT molecular complexity index is 543. The summed E-state index contributed by atoms with van der Waals surface area (Å²) in [6, 6.07) is 3.22. The first kappa shape index (κ1) is 14.5. The summed E-state index contributed by atoms with van der Waals surface area (Å²) in [4.78, 5) is 11.3. The van der Waals surface area contributed by atoms with E-state index in [-0.39, 0.29) is 4.90 Å². The fraction of sp³-hybridized carbons (Fsp3) is 0.364. The lowest BCUT2D eigenvalue weighted by Crippen LogP contribution is -2.35. The van der Waals surface area contributed by atoms with Crippen molar-refractivity contribution in [1.82, 2.24) is 5.43 Å². The third-order valence-electron chi connectivity index (χ3n) is 2.46. The zero-order valence-corrected chi connectivity index (χ0v) is 11.3. The number of hydrazine groups is 1. The van der Waals surface area contributed by atoms with E-state index in [0.29, 0.717) is 16.9 Å². The molecule has 100 valence electrons. The number of carbonyl (C=O) groups is 1. The molecule has 0 spiro atoms. The normalized spacial score (nSPS) is 11.1. The van der Waals surface area contributed by atoms with Gasteiger partial charge in [-0.05, 0) is 37.1 Å². The Balaban J connectivity index is 3.29. The number of nitrogens with one attached hydrogen (secondary N) is 1. The molecule has 0 saturated carbocycles. The van der Waals surface area contributed by atoms with E-state index < -0.39 is 21.5 Å². The minimum Gasteiger partial charge on any atom is -0.497 e. The van der Waals surface area contributed by atoms with E-state index in [1.54, 1.807) is 26.0 Å². The number of rotatable bonds is 4. The second kappa shape index (κ2) is 5.36. The van der Waals surface area contributed by atoms with Gasteiger partial charge in [-0.15, -0.1) is 0 Å². The molecule has 1 rings (SSSR count). The number of carbonyl (C=O) groups excluding carboxylic acids is 1. The molecule has 0 aliphatic rings. The molecule has 1 aromatic rings. The Morgan fingerprint density at radius 1 is 1.33 bits per heavy atom. The van der Waals surface area contributed by atoms with Gasteiger partial charge in [-0.1, -0.05) is 0 Å².